The molecule has 1 atom stereocenters. The Hall–Kier alpha value is -0.620. The Morgan fingerprint density at radius 2 is 1.68 bits per heavy atom. The zero-order valence-corrected chi connectivity index (χ0v) is 14.5. The van der Waals surface area contributed by atoms with Crippen molar-refractivity contribution >= 4 is 15.9 Å². The summed E-state index contributed by atoms with van der Waals surface area (Å²) >= 11 is 0. The van der Waals surface area contributed by atoms with Crippen molar-refractivity contribution in [2.24, 2.45) is 5.92 Å². The van der Waals surface area contributed by atoms with E-state index < -0.39 is 10.0 Å². The van der Waals surface area contributed by atoms with Crippen molar-refractivity contribution in [3.05, 3.63) is 0 Å². The fraction of sp³-hybridized carbons (Fsp3) is 0.938. The largest absolute Gasteiger partial charge is 0.353 e. The van der Waals surface area contributed by atoms with Gasteiger partial charge in [0.05, 0.1) is 11.7 Å². The molecule has 0 unspecified atom stereocenters. The number of rotatable bonds is 4. The van der Waals surface area contributed by atoms with E-state index in [1.54, 1.807) is 6.92 Å². The van der Waals surface area contributed by atoms with Crippen LogP contribution in [0, 0.1) is 5.92 Å². The maximum Gasteiger partial charge on any atom is 0.224 e. The van der Waals surface area contributed by atoms with Crippen LogP contribution in [0.4, 0.5) is 0 Å². The van der Waals surface area contributed by atoms with Crippen LogP contribution in [-0.2, 0) is 14.8 Å². The van der Waals surface area contributed by atoms with Crippen molar-refractivity contribution in [3.8, 4) is 0 Å². The molecule has 0 bridgehead atoms. The number of sulfonamides is 1. The summed E-state index contributed by atoms with van der Waals surface area (Å²) in [5.41, 5.74) is 0. The van der Waals surface area contributed by atoms with Crippen molar-refractivity contribution < 1.29 is 13.2 Å². The Bertz CT molecular complexity index is 456. The minimum Gasteiger partial charge on any atom is -0.353 e. The topological polar surface area (TPSA) is 66.5 Å². The molecular weight excluding hydrogens is 300 g/mol. The summed E-state index contributed by atoms with van der Waals surface area (Å²) in [5.74, 6) is -0.00802. The Kier molecular flexibility index (Phi) is 6.68. The Morgan fingerprint density at radius 1 is 1.05 bits per heavy atom. The molecule has 1 aliphatic heterocycles. The summed E-state index contributed by atoms with van der Waals surface area (Å²) in [6, 6.07) is 0.283. The summed E-state index contributed by atoms with van der Waals surface area (Å²) in [6.07, 6.45) is 9.92. The lowest BCUT2D eigenvalue weighted by Crippen LogP contribution is -2.48. The molecule has 0 aromatic heterocycles. The van der Waals surface area contributed by atoms with Crippen molar-refractivity contribution in [1.29, 1.82) is 0 Å². The Morgan fingerprint density at radius 3 is 2.32 bits per heavy atom. The third kappa shape index (κ3) is 4.95. The van der Waals surface area contributed by atoms with E-state index in [2.05, 4.69) is 5.32 Å². The predicted octanol–water partition coefficient (Wildman–Crippen LogP) is 2.28. The molecule has 1 aliphatic carbocycles. The predicted molar refractivity (Wildman–Crippen MR) is 88.0 cm³/mol. The number of carbonyl (C=O) groups is 1. The first kappa shape index (κ1) is 17.7. The van der Waals surface area contributed by atoms with Gasteiger partial charge in [-0.25, -0.2) is 12.7 Å². The number of hydrogen-bond donors (Lipinski definition) is 1. The van der Waals surface area contributed by atoms with Gasteiger partial charge in [0.1, 0.15) is 0 Å². The second kappa shape index (κ2) is 8.29. The molecule has 6 heteroatoms. The maximum atomic E-state index is 12.5. The van der Waals surface area contributed by atoms with Crippen LogP contribution in [0.5, 0.6) is 0 Å². The highest BCUT2D eigenvalue weighted by atomic mass is 32.2. The number of nitrogens with one attached hydrogen (secondary N) is 1. The molecule has 5 nitrogen and oxygen atoms in total. The highest BCUT2D eigenvalue weighted by molar-refractivity contribution is 7.89. The second-order valence-corrected chi connectivity index (χ2v) is 8.91. The molecular formula is C16H30N2O3S. The minimum absolute atomic E-state index is 0.0570. The molecule has 2 fully saturated rings. The monoisotopic (exact) mass is 330 g/mol. The van der Waals surface area contributed by atoms with Crippen LogP contribution in [-0.4, -0.2) is 43.5 Å². The number of carbonyl (C=O) groups excluding carboxylic acids is 1. The summed E-state index contributed by atoms with van der Waals surface area (Å²) in [4.78, 5) is 12.5. The fourth-order valence-corrected chi connectivity index (χ4v) is 4.69. The first-order chi connectivity index (χ1) is 10.5. The quantitative estimate of drug-likeness (QED) is 0.860. The first-order valence-electron chi connectivity index (χ1n) is 8.81. The number of hydrogen-bond acceptors (Lipinski definition) is 3. The van der Waals surface area contributed by atoms with Crippen LogP contribution in [0.3, 0.4) is 0 Å². The van der Waals surface area contributed by atoms with Gasteiger partial charge in [-0.3, -0.25) is 4.79 Å². The molecule has 1 saturated heterocycles. The van der Waals surface area contributed by atoms with Crippen molar-refractivity contribution in [2.45, 2.75) is 70.8 Å². The standard InChI is InChI=1S/C16H30N2O3S/c1-2-22(20,21)18-12-8-9-14(13-18)16(19)17-15-10-6-4-3-5-7-11-15/h14-15H,2-13H2,1H3,(H,17,19)/t14-/m1/s1. The zero-order valence-electron chi connectivity index (χ0n) is 13.7. The third-order valence-corrected chi connectivity index (χ3v) is 6.81. The average Bonchev–Trinajstić information content (AvgIpc) is 2.50. The van der Waals surface area contributed by atoms with E-state index in [-0.39, 0.29) is 23.6 Å². The van der Waals surface area contributed by atoms with Crippen LogP contribution in [0.1, 0.15) is 64.7 Å². The lowest BCUT2D eigenvalue weighted by molar-refractivity contribution is -0.126. The van der Waals surface area contributed by atoms with E-state index in [9.17, 15) is 13.2 Å². The van der Waals surface area contributed by atoms with Gasteiger partial charge in [0.15, 0.2) is 0 Å². The van der Waals surface area contributed by atoms with Gasteiger partial charge >= 0.3 is 0 Å². The molecule has 2 rings (SSSR count). The Labute approximate surface area is 134 Å². The summed E-state index contributed by atoms with van der Waals surface area (Å²) in [7, 11) is -3.18. The lowest BCUT2D eigenvalue weighted by atomic mass is 9.94. The molecule has 2 aliphatic rings. The zero-order chi connectivity index (χ0) is 16.0. The maximum absolute atomic E-state index is 12.5. The first-order valence-corrected chi connectivity index (χ1v) is 10.4. The highest BCUT2D eigenvalue weighted by Gasteiger charge is 2.32. The third-order valence-electron chi connectivity index (χ3n) is 4.96. The molecule has 0 radical (unpaired) electrons. The minimum atomic E-state index is -3.18. The second-order valence-electron chi connectivity index (χ2n) is 6.65. The van der Waals surface area contributed by atoms with E-state index in [1.807, 2.05) is 0 Å². The molecule has 22 heavy (non-hydrogen) atoms. The van der Waals surface area contributed by atoms with Gasteiger partial charge in [0.25, 0.3) is 0 Å². The van der Waals surface area contributed by atoms with Crippen LogP contribution >= 0.6 is 0 Å². The smallest absolute Gasteiger partial charge is 0.224 e. The number of piperidine rings is 1. The molecule has 0 spiro atoms. The molecule has 1 amide bonds. The van der Waals surface area contributed by atoms with Gasteiger partial charge < -0.3 is 5.32 Å². The van der Waals surface area contributed by atoms with E-state index >= 15 is 0 Å². The Balaban J connectivity index is 1.88. The molecule has 1 N–H and O–H groups in total. The molecule has 1 heterocycles. The van der Waals surface area contributed by atoms with E-state index in [4.69, 9.17) is 0 Å². The van der Waals surface area contributed by atoms with Gasteiger partial charge in [-0.15, -0.1) is 0 Å². The summed E-state index contributed by atoms with van der Waals surface area (Å²) in [6.45, 7) is 2.58. The van der Waals surface area contributed by atoms with E-state index in [0.29, 0.717) is 13.1 Å². The molecule has 1 saturated carbocycles. The van der Waals surface area contributed by atoms with Gasteiger partial charge in [0.2, 0.25) is 15.9 Å². The summed E-state index contributed by atoms with van der Waals surface area (Å²) < 4.78 is 25.5. The van der Waals surface area contributed by atoms with Crippen LogP contribution in [0.25, 0.3) is 0 Å². The average molecular weight is 330 g/mol. The normalized spacial score (nSPS) is 26.1. The molecule has 0 aromatic carbocycles. The van der Waals surface area contributed by atoms with Crippen molar-refractivity contribution in [1.82, 2.24) is 9.62 Å². The fourth-order valence-electron chi connectivity index (χ4n) is 3.51. The lowest BCUT2D eigenvalue weighted by Gasteiger charge is -2.32. The van der Waals surface area contributed by atoms with E-state index in [0.717, 1.165) is 25.7 Å². The molecule has 0 aromatic rings. The van der Waals surface area contributed by atoms with Gasteiger partial charge in [-0.05, 0) is 32.6 Å². The number of nitrogens with zero attached hydrogens (tertiary/aromatic N) is 1. The SMILES string of the molecule is CCS(=O)(=O)N1CCC[C@@H](C(=O)NC2CCCCCCC2)C1. The van der Waals surface area contributed by atoms with Crippen LogP contribution in [0.2, 0.25) is 0 Å². The van der Waals surface area contributed by atoms with Gasteiger partial charge in [-0.1, -0.05) is 32.1 Å². The number of amides is 1. The van der Waals surface area contributed by atoms with Crippen LogP contribution in [0.15, 0.2) is 0 Å². The van der Waals surface area contributed by atoms with Gasteiger partial charge in [-0.2, -0.15) is 0 Å². The van der Waals surface area contributed by atoms with Gasteiger partial charge in [0, 0.05) is 19.1 Å². The van der Waals surface area contributed by atoms with Crippen molar-refractivity contribution in [3.63, 3.8) is 0 Å². The van der Waals surface area contributed by atoms with E-state index in [1.165, 1.54) is 36.4 Å². The molecule has 128 valence electrons. The summed E-state index contributed by atoms with van der Waals surface area (Å²) in [5, 5.41) is 3.19. The van der Waals surface area contributed by atoms with Crippen molar-refractivity contribution in [2.75, 3.05) is 18.8 Å². The van der Waals surface area contributed by atoms with Crippen LogP contribution < -0.4 is 5.32 Å². The highest BCUT2D eigenvalue weighted by Crippen LogP contribution is 2.21.